The summed E-state index contributed by atoms with van der Waals surface area (Å²) < 4.78 is 41.8. The molecule has 0 saturated carbocycles. The zero-order valence-corrected chi connectivity index (χ0v) is 8.71. The fraction of sp³-hybridized carbons (Fsp3) is 0.556. The Morgan fingerprint density at radius 3 is 2.81 bits per heavy atom. The van der Waals surface area contributed by atoms with Gasteiger partial charge in [-0.25, -0.2) is 9.97 Å². The van der Waals surface area contributed by atoms with Gasteiger partial charge >= 0.3 is 6.18 Å². The van der Waals surface area contributed by atoms with E-state index in [0.29, 0.717) is 19.8 Å². The van der Waals surface area contributed by atoms with E-state index in [-0.39, 0.29) is 5.95 Å². The van der Waals surface area contributed by atoms with Gasteiger partial charge in [-0.15, -0.1) is 0 Å². The smallest absolute Gasteiger partial charge is 0.380 e. The Morgan fingerprint density at radius 2 is 2.19 bits per heavy atom. The first kappa shape index (κ1) is 12.7. The quantitative estimate of drug-likeness (QED) is 0.792. The van der Waals surface area contributed by atoms with E-state index in [0.717, 1.165) is 12.3 Å². The maximum atomic E-state index is 12.3. The number of alkyl halides is 3. The van der Waals surface area contributed by atoms with Crippen molar-refractivity contribution in [2.45, 2.75) is 13.1 Å². The van der Waals surface area contributed by atoms with Crippen LogP contribution in [0, 0.1) is 0 Å². The molecule has 0 radical (unpaired) electrons. The van der Waals surface area contributed by atoms with Crippen molar-refractivity contribution in [2.75, 3.05) is 25.1 Å². The largest absolute Gasteiger partial charge is 0.433 e. The molecule has 0 saturated heterocycles. The van der Waals surface area contributed by atoms with E-state index in [2.05, 4.69) is 15.3 Å². The highest BCUT2D eigenvalue weighted by atomic mass is 19.4. The highest BCUT2D eigenvalue weighted by molar-refractivity contribution is 5.25. The normalized spacial score (nSPS) is 11.5. The van der Waals surface area contributed by atoms with E-state index in [1.54, 1.807) is 0 Å². The second-order valence-corrected chi connectivity index (χ2v) is 2.89. The first-order valence-electron chi connectivity index (χ1n) is 4.76. The number of rotatable bonds is 5. The molecule has 0 aliphatic heterocycles. The molecule has 16 heavy (non-hydrogen) atoms. The van der Waals surface area contributed by atoms with Crippen LogP contribution < -0.4 is 5.32 Å². The zero-order valence-electron chi connectivity index (χ0n) is 8.71. The lowest BCUT2D eigenvalue weighted by Crippen LogP contribution is -2.14. The van der Waals surface area contributed by atoms with Crippen molar-refractivity contribution in [1.82, 2.24) is 9.97 Å². The minimum Gasteiger partial charge on any atom is -0.380 e. The fourth-order valence-electron chi connectivity index (χ4n) is 0.981. The van der Waals surface area contributed by atoms with Crippen LogP contribution in [0.3, 0.4) is 0 Å². The molecule has 0 aliphatic carbocycles. The number of ether oxygens (including phenoxy) is 1. The predicted octanol–water partition coefficient (Wildman–Crippen LogP) is 1.94. The molecule has 0 spiro atoms. The first-order chi connectivity index (χ1) is 7.54. The van der Waals surface area contributed by atoms with Gasteiger partial charge in [-0.05, 0) is 13.0 Å². The van der Waals surface area contributed by atoms with E-state index in [1.165, 1.54) is 0 Å². The summed E-state index contributed by atoms with van der Waals surface area (Å²) in [6.45, 7) is 3.16. The Morgan fingerprint density at radius 1 is 1.44 bits per heavy atom. The Kier molecular flexibility index (Phi) is 4.48. The molecule has 0 fully saturated rings. The van der Waals surface area contributed by atoms with Crippen molar-refractivity contribution in [3.63, 3.8) is 0 Å². The SMILES string of the molecule is CCOCCNc1nccc(C(F)(F)F)n1. The average molecular weight is 235 g/mol. The van der Waals surface area contributed by atoms with Gasteiger partial charge in [0.15, 0.2) is 0 Å². The lowest BCUT2D eigenvalue weighted by atomic mass is 10.4. The third-order valence-electron chi connectivity index (χ3n) is 1.68. The van der Waals surface area contributed by atoms with Crippen molar-refractivity contribution in [1.29, 1.82) is 0 Å². The summed E-state index contributed by atoms with van der Waals surface area (Å²) in [5.74, 6) is -0.0467. The number of hydrogen-bond donors (Lipinski definition) is 1. The van der Waals surface area contributed by atoms with Gasteiger partial charge < -0.3 is 10.1 Å². The maximum absolute atomic E-state index is 12.3. The summed E-state index contributed by atoms with van der Waals surface area (Å²) in [7, 11) is 0. The van der Waals surface area contributed by atoms with Gasteiger partial charge in [-0.1, -0.05) is 0 Å². The number of anilines is 1. The van der Waals surface area contributed by atoms with Gasteiger partial charge in [-0.2, -0.15) is 13.2 Å². The molecule has 1 aromatic rings. The summed E-state index contributed by atoms with van der Waals surface area (Å²) >= 11 is 0. The summed E-state index contributed by atoms with van der Waals surface area (Å²) in [6, 6.07) is 0.827. The van der Waals surface area contributed by atoms with E-state index >= 15 is 0 Å². The van der Waals surface area contributed by atoms with Gasteiger partial charge in [0, 0.05) is 19.3 Å². The van der Waals surface area contributed by atoms with E-state index in [4.69, 9.17) is 4.74 Å². The molecule has 1 heterocycles. The second kappa shape index (κ2) is 5.64. The fourth-order valence-corrected chi connectivity index (χ4v) is 0.981. The lowest BCUT2D eigenvalue weighted by molar-refractivity contribution is -0.141. The highest BCUT2D eigenvalue weighted by Gasteiger charge is 2.32. The molecule has 1 rings (SSSR count). The van der Waals surface area contributed by atoms with Crippen LogP contribution in [-0.2, 0) is 10.9 Å². The van der Waals surface area contributed by atoms with Gasteiger partial charge in [0.05, 0.1) is 6.61 Å². The molecular weight excluding hydrogens is 223 g/mol. The molecule has 0 bridgehead atoms. The van der Waals surface area contributed by atoms with Gasteiger partial charge in [-0.3, -0.25) is 0 Å². The number of nitrogens with one attached hydrogen (secondary N) is 1. The molecule has 1 aromatic heterocycles. The van der Waals surface area contributed by atoms with Crippen LogP contribution in [0.15, 0.2) is 12.3 Å². The van der Waals surface area contributed by atoms with Crippen LogP contribution in [0.4, 0.5) is 19.1 Å². The molecule has 7 heteroatoms. The van der Waals surface area contributed by atoms with Crippen LogP contribution in [0.5, 0.6) is 0 Å². The second-order valence-electron chi connectivity index (χ2n) is 2.89. The topological polar surface area (TPSA) is 47.0 Å². The Bertz CT molecular complexity index is 330. The van der Waals surface area contributed by atoms with Crippen molar-refractivity contribution in [3.8, 4) is 0 Å². The third-order valence-corrected chi connectivity index (χ3v) is 1.68. The molecule has 0 atom stereocenters. The molecular formula is C9H12F3N3O. The number of nitrogens with zero attached hydrogens (tertiary/aromatic N) is 2. The molecule has 0 amide bonds. The predicted molar refractivity (Wildman–Crippen MR) is 52.0 cm³/mol. The first-order valence-corrected chi connectivity index (χ1v) is 4.76. The van der Waals surface area contributed by atoms with Crippen molar-refractivity contribution in [2.24, 2.45) is 0 Å². The molecule has 0 aromatic carbocycles. The standard InChI is InChI=1S/C9H12F3N3O/c1-2-16-6-5-14-8-13-4-3-7(15-8)9(10,11)12/h3-4H,2,5-6H2,1H3,(H,13,14,15). The summed E-state index contributed by atoms with van der Waals surface area (Å²) in [4.78, 5) is 7.01. The average Bonchev–Trinajstić information content (AvgIpc) is 2.24. The number of aromatic nitrogens is 2. The molecule has 0 aliphatic rings. The van der Waals surface area contributed by atoms with E-state index in [1.807, 2.05) is 6.92 Å². The van der Waals surface area contributed by atoms with E-state index in [9.17, 15) is 13.2 Å². The zero-order chi connectivity index (χ0) is 12.0. The van der Waals surface area contributed by atoms with E-state index < -0.39 is 11.9 Å². The third kappa shape index (κ3) is 4.01. The van der Waals surface area contributed by atoms with Crippen LogP contribution in [0.25, 0.3) is 0 Å². The van der Waals surface area contributed by atoms with Crippen molar-refractivity contribution in [3.05, 3.63) is 18.0 Å². The van der Waals surface area contributed by atoms with Crippen LogP contribution in [0.1, 0.15) is 12.6 Å². The number of halogens is 3. The minimum atomic E-state index is -4.45. The van der Waals surface area contributed by atoms with Gasteiger partial charge in [0.1, 0.15) is 5.69 Å². The Balaban J connectivity index is 2.54. The monoisotopic (exact) mass is 235 g/mol. The molecule has 90 valence electrons. The summed E-state index contributed by atoms with van der Waals surface area (Å²) in [6.07, 6.45) is -3.38. The van der Waals surface area contributed by atoms with Crippen molar-refractivity contribution >= 4 is 5.95 Å². The Labute approximate surface area is 90.9 Å². The summed E-state index contributed by atoms with van der Waals surface area (Å²) in [5.41, 5.74) is -0.957. The highest BCUT2D eigenvalue weighted by Crippen LogP contribution is 2.27. The van der Waals surface area contributed by atoms with Gasteiger partial charge in [0.25, 0.3) is 0 Å². The number of hydrogen-bond acceptors (Lipinski definition) is 4. The summed E-state index contributed by atoms with van der Waals surface area (Å²) in [5, 5.41) is 2.64. The molecule has 1 N–H and O–H groups in total. The van der Waals surface area contributed by atoms with Crippen LogP contribution in [-0.4, -0.2) is 29.7 Å². The minimum absolute atomic E-state index is 0.0467. The van der Waals surface area contributed by atoms with Crippen molar-refractivity contribution < 1.29 is 17.9 Å². The Hall–Kier alpha value is -1.37. The lowest BCUT2D eigenvalue weighted by Gasteiger charge is -2.08. The van der Waals surface area contributed by atoms with Crippen LogP contribution >= 0.6 is 0 Å². The molecule has 4 nitrogen and oxygen atoms in total. The maximum Gasteiger partial charge on any atom is 0.433 e. The van der Waals surface area contributed by atoms with Crippen LogP contribution in [0.2, 0.25) is 0 Å². The molecule has 0 unspecified atom stereocenters. The van der Waals surface area contributed by atoms with Gasteiger partial charge in [0.2, 0.25) is 5.95 Å².